The van der Waals surface area contributed by atoms with Crippen molar-refractivity contribution in [3.8, 4) is 0 Å². The molecule has 0 heterocycles. The molecule has 2 heteroatoms. The van der Waals surface area contributed by atoms with Gasteiger partial charge in [0.1, 0.15) is 0 Å². The highest BCUT2D eigenvalue weighted by molar-refractivity contribution is 4.84. The molecule has 0 radical (unpaired) electrons. The molecule has 108 valence electrons. The van der Waals surface area contributed by atoms with Crippen LogP contribution in [0, 0.1) is 17.8 Å². The molecule has 0 aromatic heterocycles. The second-order valence-corrected chi connectivity index (χ2v) is 6.38. The highest BCUT2D eigenvalue weighted by Gasteiger charge is 2.28. The molecule has 1 aliphatic rings. The maximum atomic E-state index is 6.34. The Balaban J connectivity index is 2.45. The van der Waals surface area contributed by atoms with E-state index in [1.807, 2.05) is 0 Å². The molecular formula is C16H34N2. The Morgan fingerprint density at radius 2 is 1.94 bits per heavy atom. The summed E-state index contributed by atoms with van der Waals surface area (Å²) in [5.41, 5.74) is 6.34. The van der Waals surface area contributed by atoms with Crippen LogP contribution < -0.4 is 5.73 Å². The quantitative estimate of drug-likeness (QED) is 0.753. The molecule has 4 atom stereocenters. The van der Waals surface area contributed by atoms with E-state index in [4.69, 9.17) is 5.73 Å². The van der Waals surface area contributed by atoms with Crippen LogP contribution in [-0.4, -0.2) is 30.6 Å². The van der Waals surface area contributed by atoms with Gasteiger partial charge in [-0.2, -0.15) is 0 Å². The van der Waals surface area contributed by atoms with E-state index in [-0.39, 0.29) is 0 Å². The van der Waals surface area contributed by atoms with Crippen LogP contribution >= 0.6 is 0 Å². The molecule has 1 saturated carbocycles. The van der Waals surface area contributed by atoms with E-state index in [0.29, 0.717) is 6.04 Å². The average Bonchev–Trinajstić information content (AvgIpc) is 2.39. The van der Waals surface area contributed by atoms with Crippen LogP contribution in [0.2, 0.25) is 0 Å². The molecule has 0 aromatic carbocycles. The summed E-state index contributed by atoms with van der Waals surface area (Å²) in [4.78, 5) is 2.62. The Kier molecular flexibility index (Phi) is 7.25. The van der Waals surface area contributed by atoms with Gasteiger partial charge in [0, 0.05) is 19.1 Å². The number of hydrogen-bond acceptors (Lipinski definition) is 2. The molecule has 1 fully saturated rings. The van der Waals surface area contributed by atoms with E-state index < -0.39 is 0 Å². The topological polar surface area (TPSA) is 29.3 Å². The van der Waals surface area contributed by atoms with Gasteiger partial charge in [0.15, 0.2) is 0 Å². The van der Waals surface area contributed by atoms with E-state index >= 15 is 0 Å². The number of hydrogen-bond donors (Lipinski definition) is 1. The summed E-state index contributed by atoms with van der Waals surface area (Å²) in [5.74, 6) is 2.47. The first-order valence-electron chi connectivity index (χ1n) is 8.08. The van der Waals surface area contributed by atoms with Gasteiger partial charge in [-0.1, -0.05) is 40.5 Å². The normalized spacial score (nSPS) is 30.7. The zero-order valence-electron chi connectivity index (χ0n) is 13.0. The zero-order valence-corrected chi connectivity index (χ0v) is 13.0. The molecule has 1 rings (SSSR count). The van der Waals surface area contributed by atoms with Crippen LogP contribution in [-0.2, 0) is 0 Å². The fourth-order valence-electron chi connectivity index (χ4n) is 3.20. The molecule has 0 saturated heterocycles. The average molecular weight is 254 g/mol. The third kappa shape index (κ3) is 4.89. The van der Waals surface area contributed by atoms with Crippen LogP contribution in [0.15, 0.2) is 0 Å². The minimum atomic E-state index is 0.443. The molecule has 0 aromatic rings. The predicted octanol–water partition coefficient (Wildman–Crippen LogP) is 3.51. The van der Waals surface area contributed by atoms with E-state index in [1.54, 1.807) is 0 Å². The largest absolute Gasteiger partial charge is 0.327 e. The van der Waals surface area contributed by atoms with Gasteiger partial charge in [-0.05, 0) is 43.6 Å². The Bertz CT molecular complexity index is 217. The summed E-state index contributed by atoms with van der Waals surface area (Å²) >= 11 is 0. The van der Waals surface area contributed by atoms with Gasteiger partial charge in [-0.15, -0.1) is 0 Å². The van der Waals surface area contributed by atoms with Crippen molar-refractivity contribution >= 4 is 0 Å². The van der Waals surface area contributed by atoms with Crippen molar-refractivity contribution < 1.29 is 0 Å². The van der Waals surface area contributed by atoms with Crippen LogP contribution in [0.5, 0.6) is 0 Å². The van der Waals surface area contributed by atoms with Crippen molar-refractivity contribution in [1.82, 2.24) is 4.90 Å². The SMILES string of the molecule is CCC(C)CN(CC)CC1CC(CC)CCC1N. The fraction of sp³-hybridized carbons (Fsp3) is 1.00. The Morgan fingerprint density at radius 1 is 1.22 bits per heavy atom. The summed E-state index contributed by atoms with van der Waals surface area (Å²) in [6.45, 7) is 12.9. The summed E-state index contributed by atoms with van der Waals surface area (Å²) < 4.78 is 0. The summed E-state index contributed by atoms with van der Waals surface area (Å²) in [7, 11) is 0. The molecule has 0 aliphatic heterocycles. The molecule has 0 amide bonds. The molecule has 1 aliphatic carbocycles. The van der Waals surface area contributed by atoms with Crippen molar-refractivity contribution in [3.63, 3.8) is 0 Å². The van der Waals surface area contributed by atoms with Gasteiger partial charge in [-0.25, -0.2) is 0 Å². The highest BCUT2D eigenvalue weighted by atomic mass is 15.1. The first-order valence-corrected chi connectivity index (χ1v) is 8.08. The summed E-state index contributed by atoms with van der Waals surface area (Å²) in [6, 6.07) is 0.443. The lowest BCUT2D eigenvalue weighted by molar-refractivity contribution is 0.146. The van der Waals surface area contributed by atoms with Crippen molar-refractivity contribution in [2.75, 3.05) is 19.6 Å². The first kappa shape index (κ1) is 16.0. The predicted molar refractivity (Wildman–Crippen MR) is 80.7 cm³/mol. The third-order valence-electron chi connectivity index (χ3n) is 4.93. The molecule has 2 N–H and O–H groups in total. The Hall–Kier alpha value is -0.0800. The molecule has 4 unspecified atom stereocenters. The lowest BCUT2D eigenvalue weighted by Gasteiger charge is -2.37. The van der Waals surface area contributed by atoms with Gasteiger partial charge in [0.25, 0.3) is 0 Å². The molecule has 0 spiro atoms. The highest BCUT2D eigenvalue weighted by Crippen LogP contribution is 2.31. The van der Waals surface area contributed by atoms with E-state index in [1.165, 1.54) is 51.7 Å². The van der Waals surface area contributed by atoms with Crippen LogP contribution in [0.3, 0.4) is 0 Å². The second-order valence-electron chi connectivity index (χ2n) is 6.38. The summed E-state index contributed by atoms with van der Waals surface area (Å²) in [5, 5.41) is 0. The van der Waals surface area contributed by atoms with Gasteiger partial charge in [0.2, 0.25) is 0 Å². The van der Waals surface area contributed by atoms with Crippen LogP contribution in [0.25, 0.3) is 0 Å². The lowest BCUT2D eigenvalue weighted by Crippen LogP contribution is -2.44. The first-order chi connectivity index (χ1) is 8.60. The van der Waals surface area contributed by atoms with E-state index in [0.717, 1.165) is 17.8 Å². The van der Waals surface area contributed by atoms with Gasteiger partial charge in [-0.3, -0.25) is 0 Å². The standard InChI is InChI=1S/C16H34N2/c1-5-13(4)11-18(7-3)12-15-10-14(6-2)8-9-16(15)17/h13-16H,5-12,17H2,1-4H3. The zero-order chi connectivity index (χ0) is 13.5. The maximum Gasteiger partial charge on any atom is 0.00795 e. The second kappa shape index (κ2) is 8.16. The minimum Gasteiger partial charge on any atom is -0.327 e. The maximum absolute atomic E-state index is 6.34. The third-order valence-corrected chi connectivity index (χ3v) is 4.93. The fourth-order valence-corrected chi connectivity index (χ4v) is 3.20. The number of rotatable bonds is 7. The van der Waals surface area contributed by atoms with Crippen LogP contribution in [0.4, 0.5) is 0 Å². The van der Waals surface area contributed by atoms with Gasteiger partial charge < -0.3 is 10.6 Å². The molecule has 18 heavy (non-hydrogen) atoms. The Morgan fingerprint density at radius 3 is 2.50 bits per heavy atom. The molecule has 2 nitrogen and oxygen atoms in total. The summed E-state index contributed by atoms with van der Waals surface area (Å²) in [6.07, 6.45) is 6.57. The van der Waals surface area contributed by atoms with Crippen molar-refractivity contribution in [2.24, 2.45) is 23.5 Å². The molecule has 0 bridgehead atoms. The van der Waals surface area contributed by atoms with E-state index in [2.05, 4.69) is 32.6 Å². The monoisotopic (exact) mass is 254 g/mol. The van der Waals surface area contributed by atoms with Crippen molar-refractivity contribution in [1.29, 1.82) is 0 Å². The van der Waals surface area contributed by atoms with Crippen LogP contribution in [0.1, 0.15) is 59.8 Å². The molecular weight excluding hydrogens is 220 g/mol. The number of nitrogens with zero attached hydrogens (tertiary/aromatic N) is 1. The van der Waals surface area contributed by atoms with Crippen molar-refractivity contribution in [2.45, 2.75) is 65.8 Å². The van der Waals surface area contributed by atoms with Gasteiger partial charge >= 0.3 is 0 Å². The number of nitrogens with two attached hydrogens (primary N) is 1. The smallest absolute Gasteiger partial charge is 0.00795 e. The Labute approximate surface area is 114 Å². The van der Waals surface area contributed by atoms with E-state index in [9.17, 15) is 0 Å². The van der Waals surface area contributed by atoms with Crippen molar-refractivity contribution in [3.05, 3.63) is 0 Å². The van der Waals surface area contributed by atoms with Gasteiger partial charge in [0.05, 0.1) is 0 Å². The minimum absolute atomic E-state index is 0.443. The lowest BCUT2D eigenvalue weighted by atomic mass is 9.77.